The summed E-state index contributed by atoms with van der Waals surface area (Å²) in [6.07, 6.45) is 3.70. The highest BCUT2D eigenvalue weighted by atomic mass is 14.9. The minimum Gasteiger partial charge on any atom is -0.264 e. The Labute approximate surface area is 309 Å². The molecule has 3 nitrogen and oxygen atoms in total. The predicted molar refractivity (Wildman–Crippen MR) is 220 cm³/mol. The summed E-state index contributed by atoms with van der Waals surface area (Å²) in [5.74, 6) is 0.700. The summed E-state index contributed by atoms with van der Waals surface area (Å²) in [5, 5.41) is 4.99. The lowest BCUT2D eigenvalue weighted by Crippen LogP contribution is -2.15. The Morgan fingerprint density at radius 1 is 0.415 bits per heavy atom. The van der Waals surface area contributed by atoms with Crippen LogP contribution in [0.2, 0.25) is 0 Å². The minimum absolute atomic E-state index is 0.128. The molecule has 3 heteroatoms. The third kappa shape index (κ3) is 5.16. The lowest BCUT2D eigenvalue weighted by atomic mass is 9.79. The third-order valence-electron chi connectivity index (χ3n) is 11.0. The molecule has 250 valence electrons. The molecule has 53 heavy (non-hydrogen) atoms. The maximum absolute atomic E-state index is 5.23. The summed E-state index contributed by atoms with van der Waals surface area (Å²) in [6.45, 7) is 4.75. The van der Waals surface area contributed by atoms with Gasteiger partial charge >= 0.3 is 0 Å². The molecule has 7 aromatic carbocycles. The fourth-order valence-electron chi connectivity index (χ4n) is 8.38. The van der Waals surface area contributed by atoms with Gasteiger partial charge in [-0.25, -0.2) is 9.97 Å². The molecule has 0 bridgehead atoms. The molecule has 0 saturated carbocycles. The van der Waals surface area contributed by atoms with Crippen LogP contribution in [0.3, 0.4) is 0 Å². The second-order valence-corrected chi connectivity index (χ2v) is 14.5. The van der Waals surface area contributed by atoms with Crippen molar-refractivity contribution in [1.82, 2.24) is 15.0 Å². The summed E-state index contributed by atoms with van der Waals surface area (Å²) < 4.78 is 0. The molecule has 2 aromatic heterocycles. The van der Waals surface area contributed by atoms with Gasteiger partial charge in [-0.3, -0.25) is 4.98 Å². The molecule has 0 N–H and O–H groups in total. The second-order valence-electron chi connectivity index (χ2n) is 14.5. The van der Waals surface area contributed by atoms with E-state index in [1.54, 1.807) is 6.20 Å². The van der Waals surface area contributed by atoms with Gasteiger partial charge in [0, 0.05) is 40.1 Å². The van der Waals surface area contributed by atoms with Crippen molar-refractivity contribution in [2.45, 2.75) is 19.3 Å². The lowest BCUT2D eigenvalue weighted by molar-refractivity contribution is 0.666. The molecule has 0 atom stereocenters. The Hall–Kier alpha value is -6.71. The minimum atomic E-state index is -0.128. The topological polar surface area (TPSA) is 38.7 Å². The number of aromatic nitrogens is 3. The van der Waals surface area contributed by atoms with Crippen LogP contribution in [-0.4, -0.2) is 15.0 Å². The molecule has 0 amide bonds. The monoisotopic (exact) mass is 677 g/mol. The zero-order valence-corrected chi connectivity index (χ0v) is 29.6. The number of rotatable bonds is 5. The van der Waals surface area contributed by atoms with Gasteiger partial charge in [0.05, 0.1) is 11.4 Å². The summed E-state index contributed by atoms with van der Waals surface area (Å²) >= 11 is 0. The Balaban J connectivity index is 1.12. The van der Waals surface area contributed by atoms with Crippen LogP contribution in [0.25, 0.3) is 88.8 Å². The lowest BCUT2D eigenvalue weighted by Gasteiger charge is -2.24. The van der Waals surface area contributed by atoms with E-state index in [1.807, 2.05) is 30.5 Å². The highest BCUT2D eigenvalue weighted by Crippen LogP contribution is 2.52. The zero-order valence-electron chi connectivity index (χ0n) is 29.6. The number of pyridine rings is 1. The van der Waals surface area contributed by atoms with Crippen LogP contribution in [0.5, 0.6) is 0 Å². The molecule has 0 unspecified atom stereocenters. The Morgan fingerprint density at radius 2 is 1.08 bits per heavy atom. The Bertz CT molecular complexity index is 2860. The van der Waals surface area contributed by atoms with Crippen molar-refractivity contribution in [3.8, 4) is 67.3 Å². The third-order valence-corrected chi connectivity index (χ3v) is 11.0. The highest BCUT2D eigenvalue weighted by molar-refractivity contribution is 6.05. The molecule has 0 radical (unpaired) electrons. The Morgan fingerprint density at radius 3 is 1.91 bits per heavy atom. The van der Waals surface area contributed by atoms with Crippen LogP contribution in [0.1, 0.15) is 25.0 Å². The fraction of sp³-hybridized carbons (Fsp3) is 0.0600. The molecule has 0 aliphatic heterocycles. The summed E-state index contributed by atoms with van der Waals surface area (Å²) in [7, 11) is 0. The quantitative estimate of drug-likeness (QED) is 0.182. The van der Waals surface area contributed by atoms with E-state index in [4.69, 9.17) is 9.97 Å². The highest BCUT2D eigenvalue weighted by Gasteiger charge is 2.37. The number of nitrogens with zero attached hydrogens (tertiary/aromatic N) is 3. The largest absolute Gasteiger partial charge is 0.264 e. The van der Waals surface area contributed by atoms with E-state index in [9.17, 15) is 0 Å². The van der Waals surface area contributed by atoms with Gasteiger partial charge < -0.3 is 0 Å². The first-order valence-corrected chi connectivity index (χ1v) is 18.2. The maximum atomic E-state index is 5.23. The maximum Gasteiger partial charge on any atom is 0.160 e. The summed E-state index contributed by atoms with van der Waals surface area (Å²) in [6, 6.07) is 58.6. The van der Waals surface area contributed by atoms with Crippen molar-refractivity contribution in [3.05, 3.63) is 187 Å². The van der Waals surface area contributed by atoms with E-state index >= 15 is 0 Å². The first-order valence-electron chi connectivity index (χ1n) is 18.2. The first kappa shape index (κ1) is 31.1. The van der Waals surface area contributed by atoms with Crippen LogP contribution < -0.4 is 0 Å². The van der Waals surface area contributed by atoms with Crippen LogP contribution in [0, 0.1) is 0 Å². The number of hydrogen-bond donors (Lipinski definition) is 0. The smallest absolute Gasteiger partial charge is 0.160 e. The van der Waals surface area contributed by atoms with Crippen molar-refractivity contribution < 1.29 is 0 Å². The predicted octanol–water partition coefficient (Wildman–Crippen LogP) is 12.8. The van der Waals surface area contributed by atoms with E-state index in [0.29, 0.717) is 5.82 Å². The van der Waals surface area contributed by atoms with E-state index < -0.39 is 0 Å². The number of hydrogen-bond acceptors (Lipinski definition) is 3. The van der Waals surface area contributed by atoms with Gasteiger partial charge in [-0.15, -0.1) is 0 Å². The van der Waals surface area contributed by atoms with Crippen molar-refractivity contribution >= 4 is 21.5 Å². The second kappa shape index (κ2) is 12.2. The van der Waals surface area contributed by atoms with Crippen LogP contribution in [0.4, 0.5) is 0 Å². The van der Waals surface area contributed by atoms with Gasteiger partial charge in [0.15, 0.2) is 5.82 Å². The molecule has 0 spiro atoms. The SMILES string of the molecule is CC1(C)c2cc(-c3ccc(-c4cc(-c5cccc(-c6cccnc6)c5)nc(-c5ccccc5)n4)c4ccccc34)ccc2-c2ccc3ccccc3c21. The van der Waals surface area contributed by atoms with Gasteiger partial charge in [-0.2, -0.15) is 0 Å². The number of benzene rings is 7. The normalized spacial score (nSPS) is 12.9. The molecule has 1 aliphatic carbocycles. The Kier molecular flexibility index (Phi) is 7.16. The summed E-state index contributed by atoms with van der Waals surface area (Å²) in [5.41, 5.74) is 14.8. The van der Waals surface area contributed by atoms with Gasteiger partial charge in [0.2, 0.25) is 0 Å². The van der Waals surface area contributed by atoms with Gasteiger partial charge in [0.1, 0.15) is 0 Å². The molecule has 0 fully saturated rings. The van der Waals surface area contributed by atoms with Crippen LogP contribution in [0.15, 0.2) is 176 Å². The van der Waals surface area contributed by atoms with E-state index in [2.05, 4.69) is 158 Å². The fourth-order valence-corrected chi connectivity index (χ4v) is 8.38. The molecule has 10 rings (SSSR count). The summed E-state index contributed by atoms with van der Waals surface area (Å²) in [4.78, 5) is 14.7. The van der Waals surface area contributed by atoms with Gasteiger partial charge in [-0.1, -0.05) is 153 Å². The molecule has 2 heterocycles. The average molecular weight is 678 g/mol. The molecule has 0 saturated heterocycles. The molecular formula is C50H35N3. The van der Waals surface area contributed by atoms with Crippen LogP contribution in [-0.2, 0) is 5.41 Å². The molecule has 9 aromatic rings. The van der Waals surface area contributed by atoms with Gasteiger partial charge in [0.25, 0.3) is 0 Å². The van der Waals surface area contributed by atoms with Crippen molar-refractivity contribution in [1.29, 1.82) is 0 Å². The number of fused-ring (bicyclic) bond motifs is 6. The molecule has 1 aliphatic rings. The van der Waals surface area contributed by atoms with Gasteiger partial charge in [-0.05, 0) is 84.8 Å². The van der Waals surface area contributed by atoms with Crippen molar-refractivity contribution in [3.63, 3.8) is 0 Å². The van der Waals surface area contributed by atoms with E-state index in [0.717, 1.165) is 44.6 Å². The van der Waals surface area contributed by atoms with Crippen molar-refractivity contribution in [2.24, 2.45) is 0 Å². The molecular weight excluding hydrogens is 643 g/mol. The van der Waals surface area contributed by atoms with Crippen molar-refractivity contribution in [2.75, 3.05) is 0 Å². The van der Waals surface area contributed by atoms with E-state index in [1.165, 1.54) is 49.5 Å². The van der Waals surface area contributed by atoms with E-state index in [-0.39, 0.29) is 5.41 Å². The first-order chi connectivity index (χ1) is 26.0. The standard InChI is InChI=1S/C50H35N3/c1-50(2)45-29-35(22-23-42(45)44-24-21-32-12-6-7-18-39(32)48(44)50)38-25-26-43(41-20-9-8-19-40(38)41)47-30-46(52-49(53-47)33-13-4-3-5-14-33)36-16-10-15-34(28-36)37-17-11-27-51-31-37/h3-31H,1-2H3. The van der Waals surface area contributed by atoms with Crippen LogP contribution >= 0.6 is 0 Å². The average Bonchev–Trinajstić information content (AvgIpc) is 3.46. The zero-order chi connectivity index (χ0) is 35.5.